The number of hydrogen-bond donors (Lipinski definition) is 2. The second kappa shape index (κ2) is 4.80. The minimum absolute atomic E-state index is 0.0249. The summed E-state index contributed by atoms with van der Waals surface area (Å²) in [6.07, 6.45) is 3.96. The van der Waals surface area contributed by atoms with Gasteiger partial charge in [-0.1, -0.05) is 0 Å². The second-order valence-electron chi connectivity index (χ2n) is 4.41. The fraction of sp³-hybridized carbons (Fsp3) is 0.583. The number of nitrogens with two attached hydrogens (primary N) is 1. The highest BCUT2D eigenvalue weighted by molar-refractivity contribution is 5.44. The van der Waals surface area contributed by atoms with E-state index in [1.807, 2.05) is 19.1 Å². The molecule has 1 aliphatic heterocycles. The van der Waals surface area contributed by atoms with E-state index in [9.17, 15) is 5.11 Å². The van der Waals surface area contributed by atoms with E-state index < -0.39 is 0 Å². The number of aliphatic hydroxyl groups excluding tert-OH is 1. The van der Waals surface area contributed by atoms with Crippen LogP contribution in [-0.4, -0.2) is 29.3 Å². The highest BCUT2D eigenvalue weighted by atomic mass is 16.3. The highest BCUT2D eigenvalue weighted by Gasteiger charge is 2.24. The minimum atomic E-state index is 0.0249. The normalized spacial score (nSPS) is 22.4. The molecule has 0 saturated carbocycles. The maximum Gasteiger partial charge on any atom is 0.129 e. The molecule has 1 unspecified atom stereocenters. The number of rotatable bonds is 3. The van der Waals surface area contributed by atoms with Crippen LogP contribution in [0.5, 0.6) is 0 Å². The standard InChI is InChI=1S/C12H19N3O/c1-9(13)10-4-5-14-12(7-10)15-6-2-3-11(15)8-16/h4-5,7,9,11,16H,2-3,6,8,13H2,1H3/t9-,11?/m1/s1. The first-order chi connectivity index (χ1) is 7.72. The quantitative estimate of drug-likeness (QED) is 0.801. The van der Waals surface area contributed by atoms with Crippen LogP contribution in [0, 0.1) is 0 Å². The molecule has 4 nitrogen and oxygen atoms in total. The van der Waals surface area contributed by atoms with E-state index >= 15 is 0 Å². The lowest BCUT2D eigenvalue weighted by molar-refractivity contribution is 0.266. The number of nitrogens with zero attached hydrogens (tertiary/aromatic N) is 2. The van der Waals surface area contributed by atoms with E-state index in [0.29, 0.717) is 0 Å². The van der Waals surface area contributed by atoms with Crippen LogP contribution in [0.1, 0.15) is 31.4 Å². The molecule has 2 heterocycles. The van der Waals surface area contributed by atoms with Crippen molar-refractivity contribution in [2.45, 2.75) is 31.8 Å². The maximum absolute atomic E-state index is 9.28. The monoisotopic (exact) mass is 221 g/mol. The Bertz CT molecular complexity index is 354. The zero-order chi connectivity index (χ0) is 11.5. The summed E-state index contributed by atoms with van der Waals surface area (Å²) in [6.45, 7) is 3.14. The largest absolute Gasteiger partial charge is 0.394 e. The molecule has 1 aromatic heterocycles. The average Bonchev–Trinajstić information content (AvgIpc) is 2.77. The van der Waals surface area contributed by atoms with E-state index in [1.165, 1.54) is 0 Å². The summed E-state index contributed by atoms with van der Waals surface area (Å²) in [6, 6.07) is 4.21. The topological polar surface area (TPSA) is 62.4 Å². The van der Waals surface area contributed by atoms with Gasteiger partial charge in [-0.25, -0.2) is 4.98 Å². The summed E-state index contributed by atoms with van der Waals surface area (Å²) in [7, 11) is 0. The fourth-order valence-electron chi connectivity index (χ4n) is 2.20. The zero-order valence-electron chi connectivity index (χ0n) is 9.63. The molecule has 88 valence electrons. The van der Waals surface area contributed by atoms with Crippen LogP contribution in [-0.2, 0) is 0 Å². The van der Waals surface area contributed by atoms with Crippen molar-refractivity contribution in [2.75, 3.05) is 18.1 Å². The van der Waals surface area contributed by atoms with Crippen molar-refractivity contribution < 1.29 is 5.11 Å². The summed E-state index contributed by atoms with van der Waals surface area (Å²) in [5, 5.41) is 9.28. The SMILES string of the molecule is C[C@@H](N)c1ccnc(N2CCCC2CO)c1. The molecule has 1 saturated heterocycles. The average molecular weight is 221 g/mol. The lowest BCUT2D eigenvalue weighted by Gasteiger charge is -2.24. The minimum Gasteiger partial charge on any atom is -0.394 e. The van der Waals surface area contributed by atoms with Gasteiger partial charge >= 0.3 is 0 Å². The lowest BCUT2D eigenvalue weighted by atomic mass is 10.1. The Kier molecular flexibility index (Phi) is 3.41. The third kappa shape index (κ3) is 2.18. The molecule has 1 aliphatic rings. The van der Waals surface area contributed by atoms with Crippen molar-refractivity contribution in [2.24, 2.45) is 5.73 Å². The Hall–Kier alpha value is -1.13. The molecule has 2 rings (SSSR count). The molecule has 0 radical (unpaired) electrons. The molecule has 3 N–H and O–H groups in total. The van der Waals surface area contributed by atoms with Crippen LogP contribution in [0.15, 0.2) is 18.3 Å². The Balaban J connectivity index is 2.22. The number of hydrogen-bond acceptors (Lipinski definition) is 4. The van der Waals surface area contributed by atoms with Crippen LogP contribution in [0.2, 0.25) is 0 Å². The molecule has 1 aromatic rings. The predicted molar refractivity (Wildman–Crippen MR) is 64.3 cm³/mol. The van der Waals surface area contributed by atoms with Crippen molar-refractivity contribution in [3.05, 3.63) is 23.9 Å². The molecule has 0 amide bonds. The lowest BCUT2D eigenvalue weighted by Crippen LogP contribution is -2.32. The van der Waals surface area contributed by atoms with Gasteiger partial charge in [-0.05, 0) is 37.5 Å². The molecule has 1 fully saturated rings. The van der Waals surface area contributed by atoms with E-state index in [4.69, 9.17) is 5.73 Å². The van der Waals surface area contributed by atoms with Crippen molar-refractivity contribution in [1.82, 2.24) is 4.98 Å². The Labute approximate surface area is 96.1 Å². The number of anilines is 1. The van der Waals surface area contributed by atoms with Crippen LogP contribution >= 0.6 is 0 Å². The molecule has 0 aliphatic carbocycles. The van der Waals surface area contributed by atoms with Crippen LogP contribution in [0.4, 0.5) is 5.82 Å². The predicted octanol–water partition coefficient (Wildman–Crippen LogP) is 1.06. The van der Waals surface area contributed by atoms with E-state index in [0.717, 1.165) is 30.8 Å². The van der Waals surface area contributed by atoms with Crippen molar-refractivity contribution >= 4 is 5.82 Å². The van der Waals surface area contributed by atoms with Gasteiger partial charge in [0.2, 0.25) is 0 Å². The first-order valence-corrected chi connectivity index (χ1v) is 5.81. The van der Waals surface area contributed by atoms with Crippen LogP contribution in [0.25, 0.3) is 0 Å². The van der Waals surface area contributed by atoms with Gasteiger partial charge in [-0.2, -0.15) is 0 Å². The molecule has 4 heteroatoms. The molecule has 0 aromatic carbocycles. The third-order valence-corrected chi connectivity index (χ3v) is 3.18. The van der Waals surface area contributed by atoms with Crippen molar-refractivity contribution in [3.8, 4) is 0 Å². The summed E-state index contributed by atoms with van der Waals surface area (Å²) in [5.41, 5.74) is 6.94. The Morgan fingerprint density at radius 3 is 3.19 bits per heavy atom. The second-order valence-corrected chi connectivity index (χ2v) is 4.41. The number of aromatic nitrogens is 1. The smallest absolute Gasteiger partial charge is 0.129 e. The number of pyridine rings is 1. The molecular weight excluding hydrogens is 202 g/mol. The van der Waals surface area contributed by atoms with Gasteiger partial charge in [0.1, 0.15) is 5.82 Å². The van der Waals surface area contributed by atoms with Gasteiger partial charge in [0.15, 0.2) is 0 Å². The Morgan fingerprint density at radius 1 is 1.69 bits per heavy atom. The molecular formula is C12H19N3O. The first-order valence-electron chi connectivity index (χ1n) is 5.81. The molecule has 0 bridgehead atoms. The van der Waals surface area contributed by atoms with Gasteiger partial charge in [-0.3, -0.25) is 0 Å². The summed E-state index contributed by atoms with van der Waals surface area (Å²) >= 11 is 0. The van der Waals surface area contributed by atoms with E-state index in [-0.39, 0.29) is 18.7 Å². The zero-order valence-corrected chi connectivity index (χ0v) is 9.63. The summed E-state index contributed by atoms with van der Waals surface area (Å²) in [4.78, 5) is 6.53. The van der Waals surface area contributed by atoms with Crippen LogP contribution < -0.4 is 10.6 Å². The van der Waals surface area contributed by atoms with Gasteiger partial charge in [-0.15, -0.1) is 0 Å². The van der Waals surface area contributed by atoms with Gasteiger partial charge in [0, 0.05) is 18.8 Å². The molecule has 0 spiro atoms. The van der Waals surface area contributed by atoms with Crippen molar-refractivity contribution in [3.63, 3.8) is 0 Å². The van der Waals surface area contributed by atoms with Gasteiger partial charge in [0.25, 0.3) is 0 Å². The molecule has 2 atom stereocenters. The van der Waals surface area contributed by atoms with Crippen molar-refractivity contribution in [1.29, 1.82) is 0 Å². The number of aliphatic hydroxyl groups is 1. The first kappa shape index (κ1) is 11.4. The van der Waals surface area contributed by atoms with Gasteiger partial charge < -0.3 is 15.7 Å². The third-order valence-electron chi connectivity index (χ3n) is 3.18. The maximum atomic E-state index is 9.28. The highest BCUT2D eigenvalue weighted by Crippen LogP contribution is 2.25. The summed E-state index contributed by atoms with van der Waals surface area (Å²) < 4.78 is 0. The molecule has 16 heavy (non-hydrogen) atoms. The van der Waals surface area contributed by atoms with Gasteiger partial charge in [0.05, 0.1) is 12.6 Å². The Morgan fingerprint density at radius 2 is 2.50 bits per heavy atom. The van der Waals surface area contributed by atoms with E-state index in [1.54, 1.807) is 6.20 Å². The van der Waals surface area contributed by atoms with Crippen LogP contribution in [0.3, 0.4) is 0 Å². The summed E-state index contributed by atoms with van der Waals surface area (Å²) in [5.74, 6) is 0.936. The van der Waals surface area contributed by atoms with E-state index in [2.05, 4.69) is 9.88 Å². The fourth-order valence-corrected chi connectivity index (χ4v) is 2.20.